The molecule has 0 aliphatic carbocycles. The third-order valence-corrected chi connectivity index (χ3v) is 5.17. The predicted molar refractivity (Wildman–Crippen MR) is 83.1 cm³/mol. The molecular formula is C16H17NO4S. The Labute approximate surface area is 133 Å². The molecule has 1 aromatic rings. The van der Waals surface area contributed by atoms with Crippen LogP contribution in [0.25, 0.3) is 0 Å². The molecule has 2 aliphatic heterocycles. The van der Waals surface area contributed by atoms with Crippen LogP contribution >= 0.6 is 11.8 Å². The zero-order chi connectivity index (χ0) is 15.7. The summed E-state index contributed by atoms with van der Waals surface area (Å²) in [6.45, 7) is 2.07. The lowest BCUT2D eigenvalue weighted by molar-refractivity contribution is -0.154. The second kappa shape index (κ2) is 6.04. The second-order valence-corrected chi connectivity index (χ2v) is 6.38. The number of methoxy groups -OCH3 is 1. The highest BCUT2D eigenvalue weighted by Gasteiger charge is 2.49. The standard InChI is InChI=1S/C16H17NO4S/c1-10-14(18)17-13(7-8-22-15(10)17)16(19)21-9-11-3-5-12(20-2)6-4-11/h3-7,10,15H,8-9H2,1-2H3/t10?,15-/m0/s1. The molecule has 22 heavy (non-hydrogen) atoms. The molecule has 0 N–H and O–H groups in total. The van der Waals surface area contributed by atoms with Gasteiger partial charge in [-0.25, -0.2) is 4.79 Å². The number of esters is 1. The van der Waals surface area contributed by atoms with Crippen LogP contribution in [0.4, 0.5) is 0 Å². The maximum absolute atomic E-state index is 12.2. The molecule has 1 unspecified atom stereocenters. The maximum Gasteiger partial charge on any atom is 0.355 e. The molecule has 0 saturated carbocycles. The number of rotatable bonds is 4. The van der Waals surface area contributed by atoms with Crippen LogP contribution in [0.1, 0.15) is 12.5 Å². The van der Waals surface area contributed by atoms with Crippen LogP contribution in [-0.2, 0) is 20.9 Å². The molecule has 0 aromatic heterocycles. The molecule has 6 heteroatoms. The Morgan fingerprint density at radius 3 is 2.77 bits per heavy atom. The number of hydrogen-bond donors (Lipinski definition) is 0. The minimum Gasteiger partial charge on any atom is -0.497 e. The van der Waals surface area contributed by atoms with Crippen LogP contribution in [0.15, 0.2) is 36.0 Å². The van der Waals surface area contributed by atoms with Crippen LogP contribution in [0, 0.1) is 5.92 Å². The number of amides is 1. The van der Waals surface area contributed by atoms with Crippen molar-refractivity contribution in [3.8, 4) is 5.75 Å². The van der Waals surface area contributed by atoms with E-state index >= 15 is 0 Å². The van der Waals surface area contributed by atoms with Crippen molar-refractivity contribution < 1.29 is 19.1 Å². The van der Waals surface area contributed by atoms with E-state index in [0.29, 0.717) is 5.70 Å². The van der Waals surface area contributed by atoms with E-state index in [1.807, 2.05) is 31.2 Å². The van der Waals surface area contributed by atoms with Gasteiger partial charge in [0.25, 0.3) is 0 Å². The zero-order valence-corrected chi connectivity index (χ0v) is 13.3. The van der Waals surface area contributed by atoms with Crippen molar-refractivity contribution in [3.63, 3.8) is 0 Å². The van der Waals surface area contributed by atoms with E-state index in [-0.39, 0.29) is 23.8 Å². The van der Waals surface area contributed by atoms with Gasteiger partial charge in [0.05, 0.1) is 18.4 Å². The summed E-state index contributed by atoms with van der Waals surface area (Å²) in [6.07, 6.45) is 1.77. The molecule has 2 atom stereocenters. The fourth-order valence-electron chi connectivity index (χ4n) is 2.53. The number of hydrogen-bond acceptors (Lipinski definition) is 5. The lowest BCUT2D eigenvalue weighted by Crippen LogP contribution is -2.59. The molecule has 2 aliphatic rings. The van der Waals surface area contributed by atoms with Crippen molar-refractivity contribution in [2.75, 3.05) is 12.9 Å². The minimum absolute atomic E-state index is 0.00940. The number of fused-ring (bicyclic) bond motifs is 1. The molecule has 1 aromatic carbocycles. The van der Waals surface area contributed by atoms with E-state index in [1.54, 1.807) is 29.8 Å². The van der Waals surface area contributed by atoms with Crippen LogP contribution in [0.3, 0.4) is 0 Å². The van der Waals surface area contributed by atoms with Crippen molar-refractivity contribution in [1.82, 2.24) is 4.90 Å². The number of ether oxygens (including phenoxy) is 2. The lowest BCUT2D eigenvalue weighted by atomic mass is 9.99. The van der Waals surface area contributed by atoms with Gasteiger partial charge in [-0.1, -0.05) is 19.1 Å². The van der Waals surface area contributed by atoms with Gasteiger partial charge in [-0.2, -0.15) is 0 Å². The van der Waals surface area contributed by atoms with Crippen molar-refractivity contribution in [2.24, 2.45) is 5.92 Å². The first-order valence-electron chi connectivity index (χ1n) is 7.06. The Kier molecular flexibility index (Phi) is 4.11. The zero-order valence-electron chi connectivity index (χ0n) is 12.4. The van der Waals surface area contributed by atoms with Gasteiger partial charge in [-0.3, -0.25) is 9.69 Å². The highest BCUT2D eigenvalue weighted by Crippen LogP contribution is 2.41. The van der Waals surface area contributed by atoms with Crippen LogP contribution in [0.2, 0.25) is 0 Å². The third-order valence-electron chi connectivity index (χ3n) is 3.85. The van der Waals surface area contributed by atoms with E-state index < -0.39 is 5.97 Å². The van der Waals surface area contributed by atoms with Gasteiger partial charge in [0, 0.05) is 5.75 Å². The highest BCUT2D eigenvalue weighted by molar-refractivity contribution is 8.00. The Morgan fingerprint density at radius 2 is 2.09 bits per heavy atom. The summed E-state index contributed by atoms with van der Waals surface area (Å²) in [5.74, 6) is 1.01. The van der Waals surface area contributed by atoms with E-state index in [4.69, 9.17) is 9.47 Å². The van der Waals surface area contributed by atoms with Gasteiger partial charge in [0.1, 0.15) is 18.1 Å². The second-order valence-electron chi connectivity index (χ2n) is 5.23. The molecule has 116 valence electrons. The van der Waals surface area contributed by atoms with Crippen LogP contribution in [0.5, 0.6) is 5.75 Å². The predicted octanol–water partition coefficient (Wildman–Crippen LogP) is 2.17. The van der Waals surface area contributed by atoms with Gasteiger partial charge in [0.2, 0.25) is 5.91 Å². The topological polar surface area (TPSA) is 55.8 Å². The van der Waals surface area contributed by atoms with E-state index in [9.17, 15) is 9.59 Å². The summed E-state index contributed by atoms with van der Waals surface area (Å²) in [4.78, 5) is 25.7. The Morgan fingerprint density at radius 1 is 1.36 bits per heavy atom. The van der Waals surface area contributed by atoms with Crippen molar-refractivity contribution >= 4 is 23.6 Å². The minimum atomic E-state index is -0.443. The number of thioether (sulfide) groups is 1. The lowest BCUT2D eigenvalue weighted by Gasteiger charge is -2.47. The molecule has 0 spiro atoms. The third kappa shape index (κ3) is 2.59. The summed E-state index contributed by atoms with van der Waals surface area (Å²) in [5.41, 5.74) is 1.25. The van der Waals surface area contributed by atoms with Gasteiger partial charge < -0.3 is 9.47 Å². The average Bonchev–Trinajstić information content (AvgIpc) is 2.58. The molecular weight excluding hydrogens is 302 g/mol. The molecule has 0 bridgehead atoms. The van der Waals surface area contributed by atoms with Gasteiger partial charge in [0.15, 0.2) is 0 Å². The molecule has 1 fully saturated rings. The first kappa shape index (κ1) is 15.0. The number of carbonyl (C=O) groups excluding carboxylic acids is 2. The molecule has 0 radical (unpaired) electrons. The van der Waals surface area contributed by atoms with Gasteiger partial charge >= 0.3 is 5.97 Å². The summed E-state index contributed by atoms with van der Waals surface area (Å²) < 4.78 is 10.4. The summed E-state index contributed by atoms with van der Waals surface area (Å²) >= 11 is 1.67. The molecule has 5 nitrogen and oxygen atoms in total. The Bertz CT molecular complexity index is 626. The Hall–Kier alpha value is -1.95. The molecule has 2 heterocycles. The van der Waals surface area contributed by atoms with E-state index in [1.165, 1.54) is 0 Å². The van der Waals surface area contributed by atoms with Crippen LogP contribution < -0.4 is 4.74 Å². The number of benzene rings is 1. The monoisotopic (exact) mass is 319 g/mol. The van der Waals surface area contributed by atoms with Crippen LogP contribution in [-0.4, -0.2) is 35.0 Å². The Balaban J connectivity index is 1.62. The molecule has 1 saturated heterocycles. The summed E-state index contributed by atoms with van der Waals surface area (Å²) in [6, 6.07) is 7.32. The highest BCUT2D eigenvalue weighted by atomic mass is 32.2. The first-order chi connectivity index (χ1) is 10.6. The van der Waals surface area contributed by atoms with Crippen molar-refractivity contribution in [3.05, 3.63) is 41.6 Å². The largest absolute Gasteiger partial charge is 0.497 e. The van der Waals surface area contributed by atoms with Gasteiger partial charge in [-0.15, -0.1) is 11.8 Å². The molecule has 1 amide bonds. The molecule has 3 rings (SSSR count). The van der Waals surface area contributed by atoms with Crippen molar-refractivity contribution in [1.29, 1.82) is 0 Å². The SMILES string of the molecule is COc1ccc(COC(=O)C2=CCS[C@H]3C(C)C(=O)N23)cc1. The maximum atomic E-state index is 12.2. The average molecular weight is 319 g/mol. The summed E-state index contributed by atoms with van der Waals surface area (Å²) in [5, 5.41) is 0.0704. The van der Waals surface area contributed by atoms with E-state index in [0.717, 1.165) is 17.1 Å². The van der Waals surface area contributed by atoms with Crippen molar-refractivity contribution in [2.45, 2.75) is 18.9 Å². The van der Waals surface area contributed by atoms with Gasteiger partial charge in [-0.05, 0) is 23.8 Å². The summed E-state index contributed by atoms with van der Waals surface area (Å²) in [7, 11) is 1.60. The smallest absolute Gasteiger partial charge is 0.355 e. The first-order valence-corrected chi connectivity index (χ1v) is 8.11. The normalized spacial score (nSPS) is 23.3. The number of carbonyl (C=O) groups is 2. The van der Waals surface area contributed by atoms with E-state index in [2.05, 4.69) is 0 Å². The number of β-lactam (4-membered cyclic amide) rings is 1. The fraction of sp³-hybridized carbons (Fsp3) is 0.375. The number of nitrogens with zero attached hydrogens (tertiary/aromatic N) is 1. The fourth-order valence-corrected chi connectivity index (χ4v) is 3.76. The quantitative estimate of drug-likeness (QED) is 0.629.